The number of amides is 1. The first-order valence-electron chi connectivity index (χ1n) is 17.0. The van der Waals surface area contributed by atoms with Crippen LogP contribution >= 0.6 is 11.6 Å². The lowest BCUT2D eigenvalue weighted by Crippen LogP contribution is -2.67. The highest BCUT2D eigenvalue weighted by Gasteiger charge is 2.74. The Morgan fingerprint density at radius 2 is 1.80 bits per heavy atom. The lowest BCUT2D eigenvalue weighted by molar-refractivity contribution is -0.178. The van der Waals surface area contributed by atoms with Gasteiger partial charge in [-0.2, -0.15) is 0 Å². The zero-order chi connectivity index (χ0) is 33.1. The van der Waals surface area contributed by atoms with Gasteiger partial charge in [-0.15, -0.1) is 0 Å². The van der Waals surface area contributed by atoms with Crippen LogP contribution in [-0.2, 0) is 20.7 Å². The van der Waals surface area contributed by atoms with Crippen LogP contribution in [0, 0.1) is 39.3 Å². The number of aliphatic hydroxyl groups is 2. The Morgan fingerprint density at radius 3 is 2.52 bits per heavy atom. The molecule has 7 rings (SSSR count). The molecule has 0 radical (unpaired) electrons. The van der Waals surface area contributed by atoms with Crippen LogP contribution in [-0.4, -0.2) is 72.1 Å². The maximum atomic E-state index is 15.0. The van der Waals surface area contributed by atoms with Gasteiger partial charge in [0.1, 0.15) is 5.82 Å². The predicted molar refractivity (Wildman–Crippen MR) is 174 cm³/mol. The Morgan fingerprint density at radius 1 is 1.09 bits per heavy atom. The van der Waals surface area contributed by atoms with E-state index in [9.17, 15) is 19.8 Å². The summed E-state index contributed by atoms with van der Waals surface area (Å²) in [4.78, 5) is 29.3. The summed E-state index contributed by atoms with van der Waals surface area (Å²) in [6.45, 7) is 7.51. The van der Waals surface area contributed by atoms with E-state index in [1.165, 1.54) is 6.07 Å². The van der Waals surface area contributed by atoms with Crippen molar-refractivity contribution in [3.63, 3.8) is 0 Å². The molecule has 3 fully saturated rings. The second kappa shape index (κ2) is 12.0. The molecule has 7 nitrogen and oxygen atoms in total. The molecule has 1 aromatic carbocycles. The van der Waals surface area contributed by atoms with Crippen LogP contribution in [0.15, 0.2) is 42.0 Å². The molecule has 6 aliphatic rings. The molecule has 3 saturated carbocycles. The van der Waals surface area contributed by atoms with E-state index in [-0.39, 0.29) is 53.2 Å². The minimum absolute atomic E-state index is 0.0868. The van der Waals surface area contributed by atoms with Crippen molar-refractivity contribution in [1.82, 2.24) is 4.90 Å². The van der Waals surface area contributed by atoms with Crippen LogP contribution < -0.4 is 0 Å². The minimum atomic E-state index is -1.20. The topological polar surface area (TPSA) is 96.3 Å². The molecule has 0 heterocycles. The van der Waals surface area contributed by atoms with Crippen molar-refractivity contribution in [3.05, 3.63) is 58.4 Å². The summed E-state index contributed by atoms with van der Waals surface area (Å²) in [5, 5.41) is 23.8. The van der Waals surface area contributed by atoms with Crippen LogP contribution in [0.3, 0.4) is 0 Å². The lowest BCUT2D eigenvalue weighted by atomic mass is 9.32. The summed E-state index contributed by atoms with van der Waals surface area (Å²) < 4.78 is 25.7. The third kappa shape index (κ3) is 4.83. The Hall–Kier alpha value is -2.26. The SMILES string of the molecule is CCOC(=O)N(CCCOC)CC1(O)CCC2C34C=CC5(C=C3C(=O)Cc3c(F)cccc3Cl)CC(O)CCC5(C)C4CCC21C. The number of methoxy groups -OCH3 is 1. The van der Waals surface area contributed by atoms with E-state index in [1.807, 2.05) is 0 Å². The number of aliphatic hydroxyl groups excluding tert-OH is 1. The van der Waals surface area contributed by atoms with Gasteiger partial charge in [0, 0.05) is 59.1 Å². The van der Waals surface area contributed by atoms with Crippen LogP contribution in [0.1, 0.15) is 77.7 Å². The summed E-state index contributed by atoms with van der Waals surface area (Å²) in [5.74, 6) is -0.633. The number of ether oxygens (including phenoxy) is 2. The van der Waals surface area contributed by atoms with Crippen molar-refractivity contribution in [2.24, 2.45) is 33.5 Å². The number of carbonyl (C=O) groups excluding carboxylic acids is 2. The fourth-order valence-corrected chi connectivity index (χ4v) is 11.0. The maximum absolute atomic E-state index is 15.0. The minimum Gasteiger partial charge on any atom is -0.450 e. The molecule has 0 aromatic heterocycles. The molecule has 8 atom stereocenters. The third-order valence-electron chi connectivity index (χ3n) is 13.2. The Kier molecular flexibility index (Phi) is 8.78. The second-order valence-electron chi connectivity index (χ2n) is 15.1. The number of benzene rings is 1. The zero-order valence-electron chi connectivity index (χ0n) is 27.6. The number of hydrogen-bond acceptors (Lipinski definition) is 6. The van der Waals surface area contributed by atoms with Gasteiger partial charge in [0.15, 0.2) is 5.78 Å². The summed E-state index contributed by atoms with van der Waals surface area (Å²) in [5.41, 5.74) is -2.28. The van der Waals surface area contributed by atoms with Crippen LogP contribution in [0.25, 0.3) is 0 Å². The van der Waals surface area contributed by atoms with E-state index in [0.29, 0.717) is 50.8 Å². The molecule has 1 amide bonds. The maximum Gasteiger partial charge on any atom is 0.409 e. The predicted octanol–water partition coefficient (Wildman–Crippen LogP) is 6.68. The number of Topliss-reactive ketones (excluding diaryl/α,β-unsaturated/α-hetero) is 1. The summed E-state index contributed by atoms with van der Waals surface area (Å²) in [7, 11) is 1.62. The molecule has 1 aromatic rings. The molecule has 2 N–H and O–H groups in total. The van der Waals surface area contributed by atoms with Crippen molar-refractivity contribution in [2.75, 3.05) is 33.4 Å². The first kappa shape index (κ1) is 33.6. The van der Waals surface area contributed by atoms with Crippen molar-refractivity contribution in [1.29, 1.82) is 0 Å². The van der Waals surface area contributed by atoms with Crippen molar-refractivity contribution < 1.29 is 33.7 Å². The van der Waals surface area contributed by atoms with Crippen molar-refractivity contribution >= 4 is 23.5 Å². The first-order chi connectivity index (χ1) is 21.8. The van der Waals surface area contributed by atoms with Crippen molar-refractivity contribution in [2.45, 2.75) is 90.3 Å². The fraction of sp³-hybridized carbons (Fsp3) is 0.676. The highest BCUT2D eigenvalue weighted by Crippen LogP contribution is 2.78. The number of carbonyl (C=O) groups is 2. The van der Waals surface area contributed by atoms with Gasteiger partial charge in [-0.3, -0.25) is 4.79 Å². The molecule has 2 spiro atoms. The Balaban J connectivity index is 1.42. The zero-order valence-corrected chi connectivity index (χ0v) is 28.4. The molecule has 0 saturated heterocycles. The Bertz CT molecular complexity index is 1430. The molecular weight excluding hydrogens is 609 g/mol. The highest BCUT2D eigenvalue weighted by atomic mass is 35.5. The molecule has 9 heteroatoms. The Labute approximate surface area is 277 Å². The van der Waals surface area contributed by atoms with Gasteiger partial charge in [-0.25, -0.2) is 9.18 Å². The molecule has 252 valence electrons. The molecule has 46 heavy (non-hydrogen) atoms. The van der Waals surface area contributed by atoms with E-state index < -0.39 is 39.9 Å². The standard InChI is InChI=1S/C37H49ClFNO6/c1-5-46-32(43)40(18-7-19-45-4)23-36(44)15-12-31-34(36,3)14-11-30-33(2)13-10-24(41)21-35(33)16-17-37(30,31)26(22-35)29(42)20-25-27(38)8-6-9-28(25)39/h6,8-9,16-17,22,24,30-31,41,44H,5,7,10-15,18-21,23H2,1-4H3. The van der Waals surface area contributed by atoms with Crippen LogP contribution in [0.5, 0.6) is 0 Å². The first-order valence-corrected chi connectivity index (χ1v) is 17.4. The molecule has 6 aliphatic carbocycles. The number of fused-ring (bicyclic) bond motifs is 1. The van der Waals surface area contributed by atoms with Gasteiger partial charge >= 0.3 is 6.09 Å². The molecular formula is C37H49ClFNO6. The molecule has 0 aliphatic heterocycles. The van der Waals surface area contributed by atoms with E-state index in [4.69, 9.17) is 21.1 Å². The molecule has 2 bridgehead atoms. The van der Waals surface area contributed by atoms with Gasteiger partial charge in [-0.1, -0.05) is 49.7 Å². The summed E-state index contributed by atoms with van der Waals surface area (Å²) in [6.07, 6.45) is 11.0. The average Bonchev–Trinajstić information content (AvgIpc) is 3.28. The molecule has 8 unspecified atom stereocenters. The van der Waals surface area contributed by atoms with Gasteiger partial charge in [0.25, 0.3) is 0 Å². The van der Waals surface area contributed by atoms with E-state index in [2.05, 4.69) is 32.1 Å². The van der Waals surface area contributed by atoms with Gasteiger partial charge in [0.2, 0.25) is 0 Å². The highest BCUT2D eigenvalue weighted by molar-refractivity contribution is 6.31. The number of nitrogens with zero attached hydrogens (tertiary/aromatic N) is 1. The summed E-state index contributed by atoms with van der Waals surface area (Å²) in [6, 6.07) is 4.49. The van der Waals surface area contributed by atoms with Gasteiger partial charge in [0.05, 0.1) is 24.9 Å². The second-order valence-corrected chi connectivity index (χ2v) is 15.5. The van der Waals surface area contributed by atoms with Gasteiger partial charge in [-0.05, 0) is 87.7 Å². The lowest BCUT2D eigenvalue weighted by Gasteiger charge is -2.71. The van der Waals surface area contributed by atoms with Gasteiger partial charge < -0.3 is 24.6 Å². The monoisotopic (exact) mass is 657 g/mol. The number of hydrogen-bond donors (Lipinski definition) is 2. The average molecular weight is 658 g/mol. The van der Waals surface area contributed by atoms with E-state index in [0.717, 1.165) is 19.3 Å². The largest absolute Gasteiger partial charge is 0.450 e. The van der Waals surface area contributed by atoms with Crippen LogP contribution in [0.4, 0.5) is 9.18 Å². The quantitative estimate of drug-likeness (QED) is 0.215. The number of rotatable bonds is 10. The number of allylic oxidation sites excluding steroid dienone is 4. The smallest absolute Gasteiger partial charge is 0.409 e. The fourth-order valence-electron chi connectivity index (χ4n) is 10.8. The normalized spacial score (nSPS) is 38.9. The number of halogens is 2. The summed E-state index contributed by atoms with van der Waals surface area (Å²) >= 11 is 6.43. The number of ketones is 1. The van der Waals surface area contributed by atoms with Crippen LogP contribution in [0.2, 0.25) is 5.02 Å². The van der Waals surface area contributed by atoms with Crippen molar-refractivity contribution in [3.8, 4) is 0 Å². The third-order valence-corrected chi connectivity index (χ3v) is 13.5. The van der Waals surface area contributed by atoms with E-state index >= 15 is 4.39 Å². The van der Waals surface area contributed by atoms with E-state index in [1.54, 1.807) is 31.1 Å².